The zero-order valence-corrected chi connectivity index (χ0v) is 8.12. The molecule has 1 heterocycles. The van der Waals surface area contributed by atoms with Crippen LogP contribution in [0.1, 0.15) is 25.5 Å². The Morgan fingerprint density at radius 3 is 3.15 bits per heavy atom. The van der Waals surface area contributed by atoms with Gasteiger partial charge < -0.3 is 9.73 Å². The van der Waals surface area contributed by atoms with Crippen molar-refractivity contribution in [2.24, 2.45) is 0 Å². The molecule has 0 saturated heterocycles. The Morgan fingerprint density at radius 2 is 2.46 bits per heavy atom. The molecule has 72 valence electrons. The van der Waals surface area contributed by atoms with Crippen LogP contribution in [0.25, 0.3) is 6.08 Å². The van der Waals surface area contributed by atoms with Gasteiger partial charge in [-0.25, -0.2) is 0 Å². The van der Waals surface area contributed by atoms with Crippen LogP contribution in [0, 0.1) is 0 Å². The van der Waals surface area contributed by atoms with Gasteiger partial charge in [-0.05, 0) is 31.2 Å². The van der Waals surface area contributed by atoms with Crippen molar-refractivity contribution in [1.82, 2.24) is 5.32 Å². The van der Waals surface area contributed by atoms with E-state index in [1.54, 1.807) is 6.26 Å². The van der Waals surface area contributed by atoms with Crippen LogP contribution in [0.3, 0.4) is 0 Å². The topological polar surface area (TPSA) is 25.2 Å². The molecule has 0 spiro atoms. The summed E-state index contributed by atoms with van der Waals surface area (Å²) < 4.78 is 5.15. The molecule has 0 atom stereocenters. The van der Waals surface area contributed by atoms with Crippen LogP contribution in [0.5, 0.6) is 0 Å². The standard InChI is InChI=1S/C11H17NO/c1-2-3-8-12-9-4-6-11-7-5-10-13-11/h4-7,10,12H,2-3,8-9H2,1H3/b6-4+. The van der Waals surface area contributed by atoms with Gasteiger partial charge in [0.05, 0.1) is 6.26 Å². The largest absolute Gasteiger partial charge is 0.465 e. The molecule has 0 amide bonds. The maximum Gasteiger partial charge on any atom is 0.126 e. The van der Waals surface area contributed by atoms with E-state index in [0.717, 1.165) is 18.8 Å². The summed E-state index contributed by atoms with van der Waals surface area (Å²) in [5.41, 5.74) is 0. The van der Waals surface area contributed by atoms with Crippen molar-refractivity contribution >= 4 is 6.08 Å². The van der Waals surface area contributed by atoms with Crippen LogP contribution in [0.4, 0.5) is 0 Å². The summed E-state index contributed by atoms with van der Waals surface area (Å²) >= 11 is 0. The molecule has 0 unspecified atom stereocenters. The Bertz CT molecular complexity index is 226. The number of rotatable bonds is 6. The molecule has 2 heteroatoms. The lowest BCUT2D eigenvalue weighted by Crippen LogP contribution is -2.14. The number of hydrogen-bond donors (Lipinski definition) is 1. The SMILES string of the molecule is CCCCNC/C=C/c1ccco1. The summed E-state index contributed by atoms with van der Waals surface area (Å²) in [6.07, 6.45) is 8.24. The van der Waals surface area contributed by atoms with Gasteiger partial charge in [-0.2, -0.15) is 0 Å². The van der Waals surface area contributed by atoms with Crippen LogP contribution < -0.4 is 5.32 Å². The van der Waals surface area contributed by atoms with E-state index in [2.05, 4.69) is 18.3 Å². The van der Waals surface area contributed by atoms with Gasteiger partial charge in [-0.15, -0.1) is 0 Å². The van der Waals surface area contributed by atoms with Crippen LogP contribution in [0.2, 0.25) is 0 Å². The first-order valence-electron chi connectivity index (χ1n) is 4.84. The molecule has 1 aromatic heterocycles. The van der Waals surface area contributed by atoms with Crippen molar-refractivity contribution in [2.45, 2.75) is 19.8 Å². The van der Waals surface area contributed by atoms with Crippen molar-refractivity contribution in [2.75, 3.05) is 13.1 Å². The predicted octanol–water partition coefficient (Wildman–Crippen LogP) is 2.68. The van der Waals surface area contributed by atoms with Crippen molar-refractivity contribution in [3.05, 3.63) is 30.2 Å². The normalized spacial score (nSPS) is 11.2. The Kier molecular flexibility index (Phi) is 5.02. The molecular weight excluding hydrogens is 162 g/mol. The Hall–Kier alpha value is -1.02. The van der Waals surface area contributed by atoms with E-state index in [4.69, 9.17) is 4.42 Å². The van der Waals surface area contributed by atoms with Gasteiger partial charge in [0.2, 0.25) is 0 Å². The van der Waals surface area contributed by atoms with E-state index < -0.39 is 0 Å². The lowest BCUT2D eigenvalue weighted by atomic mass is 10.3. The second-order valence-corrected chi connectivity index (χ2v) is 2.98. The molecule has 0 bridgehead atoms. The summed E-state index contributed by atoms with van der Waals surface area (Å²) in [4.78, 5) is 0. The van der Waals surface area contributed by atoms with Crippen molar-refractivity contribution < 1.29 is 4.42 Å². The Balaban J connectivity index is 2.05. The average molecular weight is 179 g/mol. The second kappa shape index (κ2) is 6.49. The monoisotopic (exact) mass is 179 g/mol. The maximum absolute atomic E-state index is 5.15. The summed E-state index contributed by atoms with van der Waals surface area (Å²) in [6, 6.07) is 3.84. The van der Waals surface area contributed by atoms with E-state index in [0.29, 0.717) is 0 Å². The van der Waals surface area contributed by atoms with Gasteiger partial charge in [0.25, 0.3) is 0 Å². The molecule has 0 aliphatic carbocycles. The van der Waals surface area contributed by atoms with E-state index in [1.807, 2.05) is 18.2 Å². The second-order valence-electron chi connectivity index (χ2n) is 2.98. The molecule has 1 N–H and O–H groups in total. The quantitative estimate of drug-likeness (QED) is 0.679. The molecule has 13 heavy (non-hydrogen) atoms. The smallest absolute Gasteiger partial charge is 0.126 e. The van der Waals surface area contributed by atoms with Crippen molar-refractivity contribution in [1.29, 1.82) is 0 Å². The Labute approximate surface area is 79.6 Å². The zero-order chi connectivity index (χ0) is 9.36. The van der Waals surface area contributed by atoms with Crippen LogP contribution in [-0.2, 0) is 0 Å². The Morgan fingerprint density at radius 1 is 1.54 bits per heavy atom. The minimum Gasteiger partial charge on any atom is -0.465 e. The third-order valence-electron chi connectivity index (χ3n) is 1.79. The summed E-state index contributed by atoms with van der Waals surface area (Å²) in [6.45, 7) is 4.21. The lowest BCUT2D eigenvalue weighted by Gasteiger charge is -1.97. The highest BCUT2D eigenvalue weighted by molar-refractivity contribution is 5.42. The first kappa shape index (κ1) is 10.1. The molecule has 0 radical (unpaired) electrons. The molecule has 1 rings (SSSR count). The third kappa shape index (κ3) is 4.53. The van der Waals surface area contributed by atoms with E-state index in [1.165, 1.54) is 12.8 Å². The first-order valence-corrected chi connectivity index (χ1v) is 4.84. The first-order chi connectivity index (χ1) is 6.43. The zero-order valence-electron chi connectivity index (χ0n) is 8.12. The van der Waals surface area contributed by atoms with Gasteiger partial charge in [-0.3, -0.25) is 0 Å². The third-order valence-corrected chi connectivity index (χ3v) is 1.79. The molecule has 0 aromatic carbocycles. The summed E-state index contributed by atoms with van der Waals surface area (Å²) in [5, 5.41) is 3.32. The van der Waals surface area contributed by atoms with E-state index in [9.17, 15) is 0 Å². The maximum atomic E-state index is 5.15. The van der Waals surface area contributed by atoms with Crippen LogP contribution >= 0.6 is 0 Å². The number of furan rings is 1. The molecule has 0 aliphatic rings. The fraction of sp³-hybridized carbons (Fsp3) is 0.455. The minimum atomic E-state index is 0.914. The van der Waals surface area contributed by atoms with E-state index >= 15 is 0 Å². The molecular formula is C11H17NO. The molecule has 0 saturated carbocycles. The van der Waals surface area contributed by atoms with Crippen LogP contribution in [0.15, 0.2) is 28.9 Å². The van der Waals surface area contributed by atoms with Gasteiger partial charge in [0, 0.05) is 6.54 Å². The molecule has 2 nitrogen and oxygen atoms in total. The van der Waals surface area contributed by atoms with Crippen molar-refractivity contribution in [3.63, 3.8) is 0 Å². The summed E-state index contributed by atoms with van der Waals surface area (Å²) in [5.74, 6) is 0.914. The minimum absolute atomic E-state index is 0.914. The summed E-state index contributed by atoms with van der Waals surface area (Å²) in [7, 11) is 0. The molecule has 0 aliphatic heterocycles. The van der Waals surface area contributed by atoms with Gasteiger partial charge in [-0.1, -0.05) is 19.4 Å². The van der Waals surface area contributed by atoms with Crippen LogP contribution in [-0.4, -0.2) is 13.1 Å². The average Bonchev–Trinajstić information content (AvgIpc) is 2.63. The number of nitrogens with one attached hydrogen (secondary N) is 1. The highest BCUT2D eigenvalue weighted by Crippen LogP contribution is 2.01. The molecule has 1 aromatic rings. The van der Waals surface area contributed by atoms with Gasteiger partial charge in [0.1, 0.15) is 5.76 Å². The highest BCUT2D eigenvalue weighted by atomic mass is 16.3. The van der Waals surface area contributed by atoms with E-state index in [-0.39, 0.29) is 0 Å². The fourth-order valence-electron chi connectivity index (χ4n) is 1.05. The highest BCUT2D eigenvalue weighted by Gasteiger charge is 1.86. The van der Waals surface area contributed by atoms with Gasteiger partial charge in [0.15, 0.2) is 0 Å². The predicted molar refractivity (Wildman–Crippen MR) is 55.5 cm³/mol. The number of hydrogen-bond acceptors (Lipinski definition) is 2. The fourth-order valence-corrected chi connectivity index (χ4v) is 1.05. The lowest BCUT2D eigenvalue weighted by molar-refractivity contribution is 0.556. The number of unbranched alkanes of at least 4 members (excludes halogenated alkanes) is 1. The van der Waals surface area contributed by atoms with Crippen molar-refractivity contribution in [3.8, 4) is 0 Å². The molecule has 0 fully saturated rings. The van der Waals surface area contributed by atoms with Gasteiger partial charge >= 0.3 is 0 Å².